The highest BCUT2D eigenvalue weighted by molar-refractivity contribution is 5.77. The fourth-order valence-corrected chi connectivity index (χ4v) is 2.19. The Morgan fingerprint density at radius 2 is 2.18 bits per heavy atom. The van der Waals surface area contributed by atoms with Crippen LogP contribution in [0.15, 0.2) is 24.3 Å². The van der Waals surface area contributed by atoms with Gasteiger partial charge in [0.1, 0.15) is 5.82 Å². The Morgan fingerprint density at radius 3 is 2.82 bits per heavy atom. The normalized spacial score (nSPS) is 20.2. The van der Waals surface area contributed by atoms with E-state index in [1.54, 1.807) is 35.0 Å². The van der Waals surface area contributed by atoms with Crippen molar-refractivity contribution in [3.8, 4) is 0 Å². The molecule has 1 fully saturated rings. The van der Waals surface area contributed by atoms with Crippen molar-refractivity contribution < 1.29 is 9.18 Å². The summed E-state index contributed by atoms with van der Waals surface area (Å²) in [4.78, 5) is 15.1. The lowest BCUT2D eigenvalue weighted by atomic mass is 10.1. The molecule has 1 saturated heterocycles. The van der Waals surface area contributed by atoms with E-state index < -0.39 is 0 Å². The van der Waals surface area contributed by atoms with E-state index in [1.165, 1.54) is 6.07 Å². The fourth-order valence-electron chi connectivity index (χ4n) is 2.19. The van der Waals surface area contributed by atoms with Crippen LogP contribution in [-0.4, -0.2) is 42.5 Å². The van der Waals surface area contributed by atoms with Gasteiger partial charge in [-0.15, -0.1) is 0 Å². The first kappa shape index (κ1) is 11.9. The Bertz CT molecular complexity index is 424. The van der Waals surface area contributed by atoms with Crippen LogP contribution in [0.4, 0.5) is 9.18 Å². The third-order valence-corrected chi connectivity index (χ3v) is 3.03. The average Bonchev–Trinajstić information content (AvgIpc) is 2.58. The van der Waals surface area contributed by atoms with Crippen LogP contribution in [0.1, 0.15) is 11.6 Å². The third-order valence-electron chi connectivity index (χ3n) is 3.03. The molecule has 1 heterocycles. The van der Waals surface area contributed by atoms with Crippen molar-refractivity contribution >= 4 is 6.03 Å². The molecule has 1 atom stereocenters. The summed E-state index contributed by atoms with van der Waals surface area (Å²) in [7, 11) is 1.71. The van der Waals surface area contributed by atoms with E-state index in [0.29, 0.717) is 25.2 Å². The Labute approximate surface area is 99.8 Å². The minimum absolute atomic E-state index is 0.0938. The SMILES string of the molecule is CN1CC(c2ccccc2F)N(CCN)C1=O. The van der Waals surface area contributed by atoms with Crippen LogP contribution in [0.3, 0.4) is 0 Å². The first-order chi connectivity index (χ1) is 8.15. The molecule has 0 aliphatic carbocycles. The minimum Gasteiger partial charge on any atom is -0.329 e. The number of hydrogen-bond acceptors (Lipinski definition) is 2. The molecule has 1 aromatic rings. The summed E-state index contributed by atoms with van der Waals surface area (Å²) < 4.78 is 13.7. The molecule has 0 bridgehead atoms. The van der Waals surface area contributed by atoms with Crippen molar-refractivity contribution in [3.05, 3.63) is 35.6 Å². The van der Waals surface area contributed by atoms with Gasteiger partial charge in [0, 0.05) is 32.2 Å². The van der Waals surface area contributed by atoms with Crippen molar-refractivity contribution in [2.24, 2.45) is 5.73 Å². The van der Waals surface area contributed by atoms with Gasteiger partial charge >= 0.3 is 6.03 Å². The van der Waals surface area contributed by atoms with Gasteiger partial charge in [0.25, 0.3) is 0 Å². The summed E-state index contributed by atoms with van der Waals surface area (Å²) in [6.07, 6.45) is 0. The topological polar surface area (TPSA) is 49.6 Å². The summed E-state index contributed by atoms with van der Waals surface area (Å²) in [6.45, 7) is 1.33. The molecule has 17 heavy (non-hydrogen) atoms. The fraction of sp³-hybridized carbons (Fsp3) is 0.417. The highest BCUT2D eigenvalue weighted by Crippen LogP contribution is 2.29. The molecule has 0 spiro atoms. The molecular formula is C12H16FN3O. The van der Waals surface area contributed by atoms with Crippen LogP contribution in [0.25, 0.3) is 0 Å². The molecule has 4 nitrogen and oxygen atoms in total. The van der Waals surface area contributed by atoms with Crippen molar-refractivity contribution in [1.29, 1.82) is 0 Å². The Hall–Kier alpha value is -1.62. The molecule has 2 amide bonds. The number of halogens is 1. The monoisotopic (exact) mass is 237 g/mol. The molecule has 2 N–H and O–H groups in total. The average molecular weight is 237 g/mol. The largest absolute Gasteiger partial charge is 0.329 e. The second-order valence-corrected chi connectivity index (χ2v) is 4.18. The molecular weight excluding hydrogens is 221 g/mol. The highest BCUT2D eigenvalue weighted by Gasteiger charge is 2.36. The zero-order valence-corrected chi connectivity index (χ0v) is 9.77. The van der Waals surface area contributed by atoms with Gasteiger partial charge in [0.2, 0.25) is 0 Å². The van der Waals surface area contributed by atoms with Gasteiger partial charge in [-0.05, 0) is 6.07 Å². The maximum Gasteiger partial charge on any atom is 0.320 e. The first-order valence-corrected chi connectivity index (χ1v) is 5.61. The molecule has 1 unspecified atom stereocenters. The first-order valence-electron chi connectivity index (χ1n) is 5.61. The molecule has 5 heteroatoms. The van der Waals surface area contributed by atoms with Crippen molar-refractivity contribution in [2.45, 2.75) is 6.04 Å². The second-order valence-electron chi connectivity index (χ2n) is 4.18. The minimum atomic E-state index is -0.275. The van der Waals surface area contributed by atoms with E-state index in [-0.39, 0.29) is 17.9 Å². The smallest absolute Gasteiger partial charge is 0.320 e. The summed E-state index contributed by atoms with van der Waals surface area (Å²) in [5, 5.41) is 0. The lowest BCUT2D eigenvalue weighted by Gasteiger charge is -2.22. The van der Waals surface area contributed by atoms with E-state index in [9.17, 15) is 9.18 Å². The third kappa shape index (κ3) is 2.10. The number of carbonyl (C=O) groups excluding carboxylic acids is 1. The van der Waals surface area contributed by atoms with E-state index >= 15 is 0 Å². The number of amides is 2. The van der Waals surface area contributed by atoms with Gasteiger partial charge < -0.3 is 15.5 Å². The van der Waals surface area contributed by atoms with Crippen LogP contribution in [0.5, 0.6) is 0 Å². The van der Waals surface area contributed by atoms with Gasteiger partial charge in [0.05, 0.1) is 6.04 Å². The second kappa shape index (κ2) is 4.71. The van der Waals surface area contributed by atoms with Gasteiger partial charge in [-0.25, -0.2) is 9.18 Å². The standard InChI is InChI=1S/C12H16FN3O/c1-15-8-11(16(7-6-14)12(15)17)9-4-2-3-5-10(9)13/h2-5,11H,6-8,14H2,1H3. The van der Waals surface area contributed by atoms with E-state index in [4.69, 9.17) is 5.73 Å². The van der Waals surface area contributed by atoms with Crippen LogP contribution in [0.2, 0.25) is 0 Å². The van der Waals surface area contributed by atoms with Crippen molar-refractivity contribution in [3.63, 3.8) is 0 Å². The zero-order chi connectivity index (χ0) is 12.4. The molecule has 0 aromatic heterocycles. The highest BCUT2D eigenvalue weighted by atomic mass is 19.1. The zero-order valence-electron chi connectivity index (χ0n) is 9.77. The predicted octanol–water partition coefficient (Wildman–Crippen LogP) is 1.19. The predicted molar refractivity (Wildman–Crippen MR) is 62.9 cm³/mol. The van der Waals surface area contributed by atoms with Crippen LogP contribution >= 0.6 is 0 Å². The molecule has 1 aliphatic rings. The molecule has 2 rings (SSSR count). The Morgan fingerprint density at radius 1 is 1.47 bits per heavy atom. The maximum atomic E-state index is 13.7. The van der Waals surface area contributed by atoms with Gasteiger partial charge in [-0.2, -0.15) is 0 Å². The maximum absolute atomic E-state index is 13.7. The summed E-state index contributed by atoms with van der Waals surface area (Å²) >= 11 is 0. The van der Waals surface area contributed by atoms with Crippen LogP contribution in [0, 0.1) is 5.82 Å². The molecule has 1 aliphatic heterocycles. The lowest BCUT2D eigenvalue weighted by Crippen LogP contribution is -2.35. The number of urea groups is 1. The summed E-state index contributed by atoms with van der Waals surface area (Å²) in [5.41, 5.74) is 6.04. The summed E-state index contributed by atoms with van der Waals surface area (Å²) in [5.74, 6) is -0.275. The van der Waals surface area contributed by atoms with Gasteiger partial charge in [0.15, 0.2) is 0 Å². The Kier molecular flexibility index (Phi) is 3.28. The molecule has 0 saturated carbocycles. The molecule has 1 aromatic carbocycles. The quantitative estimate of drug-likeness (QED) is 0.858. The van der Waals surface area contributed by atoms with Crippen molar-refractivity contribution in [2.75, 3.05) is 26.7 Å². The number of hydrogen-bond donors (Lipinski definition) is 1. The van der Waals surface area contributed by atoms with E-state index in [2.05, 4.69) is 0 Å². The van der Waals surface area contributed by atoms with E-state index in [0.717, 1.165) is 0 Å². The van der Waals surface area contributed by atoms with Gasteiger partial charge in [-0.1, -0.05) is 18.2 Å². The van der Waals surface area contributed by atoms with E-state index in [1.807, 2.05) is 0 Å². The van der Waals surface area contributed by atoms with Crippen molar-refractivity contribution in [1.82, 2.24) is 9.80 Å². The number of carbonyl (C=O) groups is 1. The van der Waals surface area contributed by atoms with Gasteiger partial charge in [-0.3, -0.25) is 0 Å². The van der Waals surface area contributed by atoms with Crippen LogP contribution in [-0.2, 0) is 0 Å². The molecule has 0 radical (unpaired) electrons. The number of benzene rings is 1. The lowest BCUT2D eigenvalue weighted by molar-refractivity contribution is 0.192. The summed E-state index contributed by atoms with van der Waals surface area (Å²) in [6, 6.07) is 6.23. The number of likely N-dealkylation sites (N-methyl/N-ethyl adjacent to an activating group) is 1. The van der Waals surface area contributed by atoms with Crippen LogP contribution < -0.4 is 5.73 Å². The molecule has 92 valence electrons. The number of nitrogens with zero attached hydrogens (tertiary/aromatic N) is 2. The number of rotatable bonds is 3. The number of nitrogens with two attached hydrogens (primary N) is 1. The Balaban J connectivity index is 2.31.